The smallest absolute Gasteiger partial charge is 0.257 e. The summed E-state index contributed by atoms with van der Waals surface area (Å²) in [5.41, 5.74) is 0. The number of amides is 1. The Morgan fingerprint density at radius 1 is 1.30 bits per heavy atom. The van der Waals surface area contributed by atoms with E-state index < -0.39 is 10.0 Å². The number of piperidine rings is 1. The van der Waals surface area contributed by atoms with Crippen LogP contribution < -0.4 is 10.1 Å². The van der Waals surface area contributed by atoms with Crippen LogP contribution in [0, 0.1) is 12.8 Å². The summed E-state index contributed by atoms with van der Waals surface area (Å²) < 4.78 is 32.5. The van der Waals surface area contributed by atoms with E-state index in [2.05, 4.69) is 27.4 Å². The minimum Gasteiger partial charge on any atom is -0.484 e. The number of thioether (sulfide) groups is 1. The number of hydrogen-bond donors (Lipinski definition) is 2. The molecule has 11 heteroatoms. The minimum absolute atomic E-state index is 0.138. The first-order chi connectivity index (χ1) is 14.3. The van der Waals surface area contributed by atoms with Gasteiger partial charge < -0.3 is 10.1 Å². The van der Waals surface area contributed by atoms with Crippen molar-refractivity contribution < 1.29 is 17.9 Å². The molecule has 3 rings (SSSR count). The maximum Gasteiger partial charge on any atom is 0.257 e. The fourth-order valence-electron chi connectivity index (χ4n) is 3.00. The first kappa shape index (κ1) is 22.6. The third-order valence-corrected chi connectivity index (χ3v) is 7.57. The molecule has 2 heterocycles. The van der Waals surface area contributed by atoms with Crippen molar-refractivity contribution in [3.8, 4) is 5.75 Å². The van der Waals surface area contributed by atoms with Crippen LogP contribution in [0.15, 0.2) is 34.3 Å². The Morgan fingerprint density at radius 2 is 2.00 bits per heavy atom. The summed E-state index contributed by atoms with van der Waals surface area (Å²) in [6.45, 7) is 5.40. The first-order valence-corrected chi connectivity index (χ1v) is 12.3. The zero-order chi connectivity index (χ0) is 21.6. The fraction of sp³-hybridized carbons (Fsp3) is 0.526. The molecule has 1 aromatic carbocycles. The summed E-state index contributed by atoms with van der Waals surface area (Å²) in [4.78, 5) is 16.3. The van der Waals surface area contributed by atoms with Gasteiger partial charge in [0.25, 0.3) is 5.91 Å². The number of nitrogens with zero attached hydrogens (tertiary/aromatic N) is 3. The van der Waals surface area contributed by atoms with Crippen molar-refractivity contribution >= 4 is 27.7 Å². The van der Waals surface area contributed by atoms with E-state index in [0.717, 1.165) is 18.7 Å². The molecule has 1 aliphatic rings. The second kappa shape index (κ2) is 10.3. The number of sulfonamides is 1. The number of aromatic amines is 1. The SMILES string of the molecule is Cc1nc(SCCNC(=O)COc2ccc(S(=O)(=O)N3CCC(C)CC3)cc2)n[nH]1. The van der Waals surface area contributed by atoms with Crippen molar-refractivity contribution in [1.29, 1.82) is 0 Å². The summed E-state index contributed by atoms with van der Waals surface area (Å²) in [5, 5.41) is 10.2. The highest BCUT2D eigenvalue weighted by atomic mass is 32.2. The Balaban J connectivity index is 1.41. The molecule has 2 aromatic rings. The highest BCUT2D eigenvalue weighted by Crippen LogP contribution is 2.24. The van der Waals surface area contributed by atoms with Gasteiger partial charge in [-0.3, -0.25) is 9.89 Å². The maximum absolute atomic E-state index is 12.7. The highest BCUT2D eigenvalue weighted by Gasteiger charge is 2.27. The number of carbonyl (C=O) groups excluding carboxylic acids is 1. The van der Waals surface area contributed by atoms with Crippen LogP contribution >= 0.6 is 11.8 Å². The van der Waals surface area contributed by atoms with Crippen molar-refractivity contribution in [2.45, 2.75) is 36.7 Å². The number of H-pyrrole nitrogens is 1. The van der Waals surface area contributed by atoms with E-state index in [-0.39, 0.29) is 17.4 Å². The lowest BCUT2D eigenvalue weighted by Gasteiger charge is -2.29. The average Bonchev–Trinajstić information content (AvgIpc) is 3.15. The molecule has 0 spiro atoms. The number of aromatic nitrogens is 3. The molecule has 1 aliphatic heterocycles. The lowest BCUT2D eigenvalue weighted by atomic mass is 10.0. The number of rotatable bonds is 9. The van der Waals surface area contributed by atoms with Crippen LogP contribution in [-0.4, -0.2) is 65.8 Å². The Labute approximate surface area is 181 Å². The molecule has 1 amide bonds. The van der Waals surface area contributed by atoms with Gasteiger partial charge in [0.05, 0.1) is 4.90 Å². The molecule has 0 radical (unpaired) electrons. The number of carbonyl (C=O) groups is 1. The lowest BCUT2D eigenvalue weighted by Crippen LogP contribution is -2.37. The number of aryl methyl sites for hydroxylation is 1. The van der Waals surface area contributed by atoms with Crippen LogP contribution in [0.2, 0.25) is 0 Å². The normalized spacial score (nSPS) is 15.8. The molecule has 1 aromatic heterocycles. The Morgan fingerprint density at radius 3 is 2.63 bits per heavy atom. The van der Waals surface area contributed by atoms with Crippen molar-refractivity contribution in [2.75, 3.05) is 32.0 Å². The third kappa shape index (κ3) is 6.19. The van der Waals surface area contributed by atoms with E-state index in [4.69, 9.17) is 4.74 Å². The molecule has 0 bridgehead atoms. The van der Waals surface area contributed by atoms with Gasteiger partial charge >= 0.3 is 0 Å². The van der Waals surface area contributed by atoms with Crippen molar-refractivity contribution in [3.63, 3.8) is 0 Å². The van der Waals surface area contributed by atoms with E-state index in [1.54, 1.807) is 12.1 Å². The zero-order valence-corrected chi connectivity index (χ0v) is 18.8. The first-order valence-electron chi connectivity index (χ1n) is 9.86. The van der Waals surface area contributed by atoms with Gasteiger partial charge in [0.1, 0.15) is 11.6 Å². The Kier molecular flexibility index (Phi) is 7.73. The van der Waals surface area contributed by atoms with Gasteiger partial charge in [0, 0.05) is 25.4 Å². The highest BCUT2D eigenvalue weighted by molar-refractivity contribution is 7.99. The van der Waals surface area contributed by atoms with Crippen LogP contribution in [0.5, 0.6) is 5.75 Å². The van der Waals surface area contributed by atoms with Crippen LogP contribution in [0.25, 0.3) is 0 Å². The molecule has 0 aliphatic carbocycles. The number of hydrogen-bond acceptors (Lipinski definition) is 7. The van der Waals surface area contributed by atoms with Gasteiger partial charge in [0.2, 0.25) is 15.2 Å². The molecule has 164 valence electrons. The molecule has 9 nitrogen and oxygen atoms in total. The fourth-order valence-corrected chi connectivity index (χ4v) is 5.17. The predicted molar refractivity (Wildman–Crippen MR) is 114 cm³/mol. The Bertz CT molecular complexity index is 938. The predicted octanol–water partition coefficient (Wildman–Crippen LogP) is 1.82. The minimum atomic E-state index is -3.49. The summed E-state index contributed by atoms with van der Waals surface area (Å²) in [6.07, 6.45) is 1.76. The summed E-state index contributed by atoms with van der Waals surface area (Å²) in [6, 6.07) is 6.20. The van der Waals surface area contributed by atoms with Crippen LogP contribution in [0.4, 0.5) is 0 Å². The summed E-state index contributed by atoms with van der Waals surface area (Å²) >= 11 is 1.44. The number of ether oxygens (including phenoxy) is 1. The standard InChI is InChI=1S/C19H27N5O4S2/c1-14-7-10-24(11-8-14)30(26,27)17-5-3-16(4-6-17)28-13-18(25)20-9-12-29-19-21-15(2)22-23-19/h3-6,14H,7-13H2,1-2H3,(H,20,25)(H,21,22,23). The van der Waals surface area contributed by atoms with Gasteiger partial charge in [0.15, 0.2) is 6.61 Å². The molecule has 0 unspecified atom stereocenters. The second-order valence-electron chi connectivity index (χ2n) is 7.25. The average molecular weight is 454 g/mol. The molecule has 0 atom stereocenters. The van der Waals surface area contributed by atoms with Gasteiger partial charge in [-0.1, -0.05) is 18.7 Å². The summed E-state index contributed by atoms with van der Waals surface area (Å²) in [5.74, 6) is 2.15. The largest absolute Gasteiger partial charge is 0.484 e. The Hall–Kier alpha value is -2.11. The maximum atomic E-state index is 12.7. The van der Waals surface area contributed by atoms with E-state index in [1.165, 1.54) is 28.2 Å². The van der Waals surface area contributed by atoms with E-state index in [0.29, 0.717) is 42.2 Å². The van der Waals surface area contributed by atoms with E-state index in [1.807, 2.05) is 6.92 Å². The van der Waals surface area contributed by atoms with Crippen LogP contribution in [0.3, 0.4) is 0 Å². The van der Waals surface area contributed by atoms with Gasteiger partial charge in [-0.2, -0.15) is 4.31 Å². The third-order valence-electron chi connectivity index (χ3n) is 4.81. The molecule has 2 N–H and O–H groups in total. The van der Waals surface area contributed by atoms with Crippen molar-refractivity contribution in [1.82, 2.24) is 24.8 Å². The summed E-state index contributed by atoms with van der Waals surface area (Å²) in [7, 11) is -3.49. The van der Waals surface area contributed by atoms with Crippen molar-refractivity contribution in [3.05, 3.63) is 30.1 Å². The number of nitrogens with one attached hydrogen (secondary N) is 2. The van der Waals surface area contributed by atoms with E-state index in [9.17, 15) is 13.2 Å². The van der Waals surface area contributed by atoms with Crippen LogP contribution in [-0.2, 0) is 14.8 Å². The van der Waals surface area contributed by atoms with E-state index >= 15 is 0 Å². The second-order valence-corrected chi connectivity index (χ2v) is 10.2. The van der Waals surface area contributed by atoms with Gasteiger partial charge in [-0.15, -0.1) is 5.10 Å². The zero-order valence-electron chi connectivity index (χ0n) is 17.1. The quantitative estimate of drug-likeness (QED) is 0.439. The number of benzene rings is 1. The van der Waals surface area contributed by atoms with Gasteiger partial charge in [-0.25, -0.2) is 13.4 Å². The lowest BCUT2D eigenvalue weighted by molar-refractivity contribution is -0.122. The molecule has 0 saturated carbocycles. The topological polar surface area (TPSA) is 117 Å². The molecule has 1 saturated heterocycles. The monoisotopic (exact) mass is 453 g/mol. The molecular formula is C19H27N5O4S2. The molecule has 30 heavy (non-hydrogen) atoms. The molecule has 1 fully saturated rings. The van der Waals surface area contributed by atoms with Crippen molar-refractivity contribution in [2.24, 2.45) is 5.92 Å². The van der Waals surface area contributed by atoms with Gasteiger partial charge in [-0.05, 0) is 49.9 Å². The van der Waals surface area contributed by atoms with Crippen LogP contribution in [0.1, 0.15) is 25.6 Å². The molecular weight excluding hydrogens is 426 g/mol.